The van der Waals surface area contributed by atoms with Crippen LogP contribution in [0.25, 0.3) is 0 Å². The fourth-order valence-electron chi connectivity index (χ4n) is 2.21. The van der Waals surface area contributed by atoms with E-state index in [0.717, 1.165) is 43.7 Å². The van der Waals surface area contributed by atoms with E-state index >= 15 is 0 Å². The molecule has 2 heterocycles. The van der Waals surface area contributed by atoms with Gasteiger partial charge in [-0.3, -0.25) is 4.79 Å². The third-order valence-electron chi connectivity index (χ3n) is 3.20. The third-order valence-corrected chi connectivity index (χ3v) is 3.20. The van der Waals surface area contributed by atoms with Crippen LogP contribution in [-0.2, 0) is 6.42 Å². The SMILES string of the molecule is CCc1nnc(C)cc1C(=O)N[C@@H]1CCCNC1. The van der Waals surface area contributed by atoms with E-state index in [-0.39, 0.29) is 11.9 Å². The molecule has 1 atom stereocenters. The number of carbonyl (C=O) groups is 1. The Balaban J connectivity index is 2.09. The Kier molecular flexibility index (Phi) is 4.25. The number of nitrogens with one attached hydrogen (secondary N) is 2. The van der Waals surface area contributed by atoms with E-state index in [1.165, 1.54) is 0 Å². The normalized spacial score (nSPS) is 19.6. The second kappa shape index (κ2) is 5.91. The second-order valence-corrected chi connectivity index (χ2v) is 4.72. The molecule has 0 saturated carbocycles. The molecular formula is C13H20N4O. The van der Waals surface area contributed by atoms with E-state index in [1.54, 1.807) is 0 Å². The summed E-state index contributed by atoms with van der Waals surface area (Å²) in [6, 6.07) is 2.04. The highest BCUT2D eigenvalue weighted by molar-refractivity contribution is 5.95. The molecule has 0 bridgehead atoms. The number of carbonyl (C=O) groups excluding carboxylic acids is 1. The van der Waals surface area contributed by atoms with Crippen molar-refractivity contribution in [2.24, 2.45) is 0 Å². The number of amides is 1. The number of piperidine rings is 1. The van der Waals surface area contributed by atoms with Crippen LogP contribution in [0.1, 0.15) is 41.5 Å². The Bertz CT molecular complexity index is 427. The Hall–Kier alpha value is -1.49. The summed E-state index contributed by atoms with van der Waals surface area (Å²) < 4.78 is 0. The molecule has 98 valence electrons. The van der Waals surface area contributed by atoms with Gasteiger partial charge in [-0.05, 0) is 38.8 Å². The van der Waals surface area contributed by atoms with Crippen LogP contribution in [0.3, 0.4) is 0 Å². The zero-order valence-corrected chi connectivity index (χ0v) is 11.0. The number of rotatable bonds is 3. The maximum absolute atomic E-state index is 12.2. The van der Waals surface area contributed by atoms with Gasteiger partial charge in [0.05, 0.1) is 17.0 Å². The van der Waals surface area contributed by atoms with E-state index < -0.39 is 0 Å². The summed E-state index contributed by atoms with van der Waals surface area (Å²) in [4.78, 5) is 12.2. The molecule has 1 fully saturated rings. The van der Waals surface area contributed by atoms with Gasteiger partial charge in [0.15, 0.2) is 0 Å². The molecule has 1 amide bonds. The summed E-state index contributed by atoms with van der Waals surface area (Å²) in [7, 11) is 0. The molecule has 5 nitrogen and oxygen atoms in total. The lowest BCUT2D eigenvalue weighted by molar-refractivity contribution is 0.0929. The minimum absolute atomic E-state index is 0.0291. The van der Waals surface area contributed by atoms with Gasteiger partial charge in [-0.1, -0.05) is 6.92 Å². The van der Waals surface area contributed by atoms with Crippen molar-refractivity contribution in [2.45, 2.75) is 39.2 Å². The smallest absolute Gasteiger partial charge is 0.253 e. The molecule has 2 N–H and O–H groups in total. The lowest BCUT2D eigenvalue weighted by Crippen LogP contribution is -2.45. The standard InChI is InChI=1S/C13H20N4O/c1-3-12-11(7-9(2)16-17-12)13(18)15-10-5-4-6-14-8-10/h7,10,14H,3-6,8H2,1-2H3,(H,15,18)/t10-/m1/s1. The monoisotopic (exact) mass is 248 g/mol. The summed E-state index contributed by atoms with van der Waals surface area (Å²) in [5, 5.41) is 14.4. The molecule has 0 aromatic carbocycles. The predicted octanol–water partition coefficient (Wildman–Crippen LogP) is 0.829. The highest BCUT2D eigenvalue weighted by atomic mass is 16.1. The van der Waals surface area contributed by atoms with Crippen LogP contribution in [0.15, 0.2) is 6.07 Å². The van der Waals surface area contributed by atoms with E-state index in [2.05, 4.69) is 20.8 Å². The Morgan fingerprint density at radius 2 is 2.39 bits per heavy atom. The molecule has 0 unspecified atom stereocenters. The van der Waals surface area contributed by atoms with Crippen LogP contribution < -0.4 is 10.6 Å². The van der Waals surface area contributed by atoms with Crippen molar-refractivity contribution in [3.8, 4) is 0 Å². The van der Waals surface area contributed by atoms with Crippen LogP contribution in [-0.4, -0.2) is 35.2 Å². The largest absolute Gasteiger partial charge is 0.348 e. The van der Waals surface area contributed by atoms with Crippen LogP contribution in [0, 0.1) is 6.92 Å². The number of nitrogens with zero attached hydrogens (tertiary/aromatic N) is 2. The lowest BCUT2D eigenvalue weighted by Gasteiger charge is -2.24. The molecule has 18 heavy (non-hydrogen) atoms. The summed E-state index contributed by atoms with van der Waals surface area (Å²) in [6.45, 7) is 5.73. The number of aryl methyl sites for hydroxylation is 2. The van der Waals surface area contributed by atoms with Crippen molar-refractivity contribution in [1.82, 2.24) is 20.8 Å². The Labute approximate surface area is 107 Å². The summed E-state index contributed by atoms with van der Waals surface area (Å²) >= 11 is 0. The number of aromatic nitrogens is 2. The topological polar surface area (TPSA) is 66.9 Å². The molecule has 1 aliphatic rings. The minimum Gasteiger partial charge on any atom is -0.348 e. The van der Waals surface area contributed by atoms with E-state index in [9.17, 15) is 4.79 Å². The van der Waals surface area contributed by atoms with E-state index in [4.69, 9.17) is 0 Å². The predicted molar refractivity (Wildman–Crippen MR) is 69.5 cm³/mol. The third kappa shape index (κ3) is 3.04. The molecular weight excluding hydrogens is 228 g/mol. The Morgan fingerprint density at radius 3 is 3.06 bits per heavy atom. The average molecular weight is 248 g/mol. The molecule has 0 aliphatic carbocycles. The first-order chi connectivity index (χ1) is 8.70. The molecule has 0 radical (unpaired) electrons. The van der Waals surface area contributed by atoms with Crippen molar-refractivity contribution >= 4 is 5.91 Å². The fourth-order valence-corrected chi connectivity index (χ4v) is 2.21. The zero-order chi connectivity index (χ0) is 13.0. The van der Waals surface area contributed by atoms with Gasteiger partial charge in [-0.2, -0.15) is 10.2 Å². The first kappa shape index (κ1) is 13.0. The summed E-state index contributed by atoms with van der Waals surface area (Å²) in [5.74, 6) is -0.0291. The first-order valence-corrected chi connectivity index (χ1v) is 6.55. The van der Waals surface area contributed by atoms with Crippen molar-refractivity contribution < 1.29 is 4.79 Å². The van der Waals surface area contributed by atoms with Crippen LogP contribution in [0.4, 0.5) is 0 Å². The van der Waals surface area contributed by atoms with Gasteiger partial charge in [0.1, 0.15) is 0 Å². The van der Waals surface area contributed by atoms with Crippen LogP contribution in [0.5, 0.6) is 0 Å². The maximum Gasteiger partial charge on any atom is 0.253 e. The minimum atomic E-state index is -0.0291. The van der Waals surface area contributed by atoms with Crippen molar-refractivity contribution in [1.29, 1.82) is 0 Å². The number of hydrogen-bond donors (Lipinski definition) is 2. The highest BCUT2D eigenvalue weighted by Crippen LogP contribution is 2.09. The molecule has 1 saturated heterocycles. The van der Waals surface area contributed by atoms with Crippen LogP contribution >= 0.6 is 0 Å². The average Bonchev–Trinajstić information content (AvgIpc) is 2.40. The summed E-state index contributed by atoms with van der Waals surface area (Å²) in [5.41, 5.74) is 2.21. The molecule has 1 aromatic heterocycles. The lowest BCUT2D eigenvalue weighted by atomic mass is 10.1. The van der Waals surface area contributed by atoms with Gasteiger partial charge < -0.3 is 10.6 Å². The van der Waals surface area contributed by atoms with Gasteiger partial charge in [0.2, 0.25) is 0 Å². The van der Waals surface area contributed by atoms with E-state index in [0.29, 0.717) is 5.56 Å². The van der Waals surface area contributed by atoms with Gasteiger partial charge >= 0.3 is 0 Å². The molecule has 2 rings (SSSR count). The summed E-state index contributed by atoms with van der Waals surface area (Å²) in [6.07, 6.45) is 2.87. The second-order valence-electron chi connectivity index (χ2n) is 4.72. The van der Waals surface area contributed by atoms with Gasteiger partial charge in [0.25, 0.3) is 5.91 Å². The highest BCUT2D eigenvalue weighted by Gasteiger charge is 2.18. The molecule has 1 aliphatic heterocycles. The Morgan fingerprint density at radius 1 is 1.56 bits per heavy atom. The first-order valence-electron chi connectivity index (χ1n) is 6.55. The van der Waals surface area contributed by atoms with E-state index in [1.807, 2.05) is 19.9 Å². The van der Waals surface area contributed by atoms with Crippen molar-refractivity contribution in [2.75, 3.05) is 13.1 Å². The van der Waals surface area contributed by atoms with Crippen molar-refractivity contribution in [3.05, 3.63) is 23.0 Å². The maximum atomic E-state index is 12.2. The van der Waals surface area contributed by atoms with Gasteiger partial charge in [-0.25, -0.2) is 0 Å². The van der Waals surface area contributed by atoms with Gasteiger partial charge in [-0.15, -0.1) is 0 Å². The molecule has 5 heteroatoms. The fraction of sp³-hybridized carbons (Fsp3) is 0.615. The quantitative estimate of drug-likeness (QED) is 0.831. The number of hydrogen-bond acceptors (Lipinski definition) is 4. The molecule has 1 aromatic rings. The zero-order valence-electron chi connectivity index (χ0n) is 11.0. The van der Waals surface area contributed by atoms with Gasteiger partial charge in [0, 0.05) is 12.6 Å². The van der Waals surface area contributed by atoms with Crippen molar-refractivity contribution in [3.63, 3.8) is 0 Å². The van der Waals surface area contributed by atoms with Crippen LogP contribution in [0.2, 0.25) is 0 Å². The molecule has 0 spiro atoms.